The molecule has 0 radical (unpaired) electrons. The van der Waals surface area contributed by atoms with Gasteiger partial charge in [0.25, 0.3) is 0 Å². The first kappa shape index (κ1) is 18.8. The summed E-state index contributed by atoms with van der Waals surface area (Å²) in [6.45, 7) is 9.23. The lowest BCUT2D eigenvalue weighted by molar-refractivity contribution is 0.160. The number of hydrogen-bond acceptors (Lipinski definition) is 2. The van der Waals surface area contributed by atoms with E-state index in [2.05, 4.69) is 42.3 Å². The first-order chi connectivity index (χ1) is 9.25. The van der Waals surface area contributed by atoms with Crippen molar-refractivity contribution in [1.82, 2.24) is 10.2 Å². The molecule has 1 atom stereocenters. The van der Waals surface area contributed by atoms with Gasteiger partial charge in [-0.2, -0.15) is 0 Å². The maximum absolute atomic E-state index is 3.47. The lowest BCUT2D eigenvalue weighted by Gasteiger charge is -2.36. The van der Waals surface area contributed by atoms with E-state index >= 15 is 0 Å². The number of nitrogens with zero attached hydrogens (tertiary/aromatic N) is 1. The van der Waals surface area contributed by atoms with Gasteiger partial charge in [-0.05, 0) is 42.9 Å². The minimum absolute atomic E-state index is 0. The largest absolute Gasteiger partial charge is 0.314 e. The summed E-state index contributed by atoms with van der Waals surface area (Å²) >= 11 is 0. The zero-order chi connectivity index (χ0) is 13.2. The highest BCUT2D eigenvalue weighted by Crippen LogP contribution is 2.41. The Hall–Kier alpha value is -0.280. The highest BCUT2D eigenvalue weighted by molar-refractivity contribution is 5.85. The number of piperazine rings is 1. The van der Waals surface area contributed by atoms with Crippen molar-refractivity contribution in [1.29, 1.82) is 0 Å². The highest BCUT2D eigenvalue weighted by atomic mass is 35.5. The van der Waals surface area contributed by atoms with E-state index < -0.39 is 0 Å². The predicted octanol–water partition coefficient (Wildman–Crippen LogP) is 3.89. The molecule has 1 saturated heterocycles. The van der Waals surface area contributed by atoms with Gasteiger partial charge in [-0.3, -0.25) is 4.90 Å². The average Bonchev–Trinajstić information content (AvgIpc) is 3.25. The van der Waals surface area contributed by atoms with Gasteiger partial charge >= 0.3 is 0 Å². The van der Waals surface area contributed by atoms with Crippen molar-refractivity contribution in [3.8, 4) is 0 Å². The fourth-order valence-corrected chi connectivity index (χ4v) is 3.27. The maximum Gasteiger partial charge on any atom is 0.0354 e. The van der Waals surface area contributed by atoms with Gasteiger partial charge in [-0.15, -0.1) is 24.8 Å². The summed E-state index contributed by atoms with van der Waals surface area (Å²) in [5, 5.41) is 3.47. The fourth-order valence-electron chi connectivity index (χ4n) is 3.27. The van der Waals surface area contributed by atoms with Gasteiger partial charge in [0.1, 0.15) is 0 Å². The Bertz CT molecular complexity index is 440. The molecule has 1 aliphatic heterocycles. The minimum Gasteiger partial charge on any atom is -0.314 e. The molecular formula is C17H28Cl2N2. The second kappa shape index (κ2) is 8.38. The molecule has 3 rings (SSSR count). The van der Waals surface area contributed by atoms with E-state index in [-0.39, 0.29) is 24.8 Å². The molecule has 1 aliphatic carbocycles. The van der Waals surface area contributed by atoms with Crippen LogP contribution in [0.5, 0.6) is 0 Å². The molecule has 1 aromatic carbocycles. The van der Waals surface area contributed by atoms with Crippen LogP contribution in [0, 0.1) is 19.8 Å². The first-order valence-electron chi connectivity index (χ1n) is 7.76. The van der Waals surface area contributed by atoms with Crippen LogP contribution in [0.4, 0.5) is 0 Å². The molecule has 2 aliphatic rings. The SMILES string of the molecule is Cc1cccc([C@H](CC2CC2)N2CCNCC2)c1C.Cl.Cl. The molecule has 0 aromatic heterocycles. The van der Waals surface area contributed by atoms with Crippen molar-refractivity contribution in [2.24, 2.45) is 5.92 Å². The van der Waals surface area contributed by atoms with E-state index in [0.717, 1.165) is 19.0 Å². The monoisotopic (exact) mass is 330 g/mol. The predicted molar refractivity (Wildman–Crippen MR) is 94.9 cm³/mol. The first-order valence-corrected chi connectivity index (χ1v) is 7.76. The number of halogens is 2. The molecule has 2 nitrogen and oxygen atoms in total. The van der Waals surface area contributed by atoms with Crippen molar-refractivity contribution < 1.29 is 0 Å². The van der Waals surface area contributed by atoms with Crippen LogP contribution in [-0.2, 0) is 0 Å². The smallest absolute Gasteiger partial charge is 0.0354 e. The van der Waals surface area contributed by atoms with Gasteiger partial charge in [0.05, 0.1) is 0 Å². The molecule has 2 fully saturated rings. The summed E-state index contributed by atoms with van der Waals surface area (Å²) < 4.78 is 0. The molecular weight excluding hydrogens is 303 g/mol. The van der Waals surface area contributed by atoms with E-state index in [0.29, 0.717) is 6.04 Å². The second-order valence-electron chi connectivity index (χ2n) is 6.27. The third-order valence-corrected chi connectivity index (χ3v) is 4.85. The molecule has 4 heteroatoms. The normalized spacial score (nSPS) is 20.3. The van der Waals surface area contributed by atoms with Gasteiger partial charge < -0.3 is 5.32 Å². The van der Waals surface area contributed by atoms with Gasteiger partial charge in [0.2, 0.25) is 0 Å². The fraction of sp³-hybridized carbons (Fsp3) is 0.647. The lowest BCUT2D eigenvalue weighted by atomic mass is 9.92. The zero-order valence-electron chi connectivity index (χ0n) is 13.1. The molecule has 0 bridgehead atoms. The molecule has 21 heavy (non-hydrogen) atoms. The van der Waals surface area contributed by atoms with Crippen LogP contribution in [0.15, 0.2) is 18.2 Å². The number of rotatable bonds is 4. The van der Waals surface area contributed by atoms with Gasteiger partial charge in [0, 0.05) is 32.2 Å². The van der Waals surface area contributed by atoms with Crippen LogP contribution >= 0.6 is 24.8 Å². The third-order valence-electron chi connectivity index (χ3n) is 4.85. The second-order valence-corrected chi connectivity index (χ2v) is 6.27. The number of hydrogen-bond donors (Lipinski definition) is 1. The lowest BCUT2D eigenvalue weighted by Crippen LogP contribution is -2.45. The number of aryl methyl sites for hydroxylation is 1. The molecule has 1 N–H and O–H groups in total. The molecule has 1 saturated carbocycles. The molecule has 0 amide bonds. The van der Waals surface area contributed by atoms with Crippen molar-refractivity contribution in [3.05, 3.63) is 34.9 Å². The van der Waals surface area contributed by atoms with Crippen LogP contribution in [0.2, 0.25) is 0 Å². The number of nitrogens with one attached hydrogen (secondary N) is 1. The standard InChI is InChI=1S/C17H26N2.2ClH/c1-13-4-3-5-16(14(13)2)17(12-15-6-7-15)19-10-8-18-9-11-19;;/h3-5,15,17-18H,6-12H2,1-2H3;2*1H/t17-;;/m0../s1. The summed E-state index contributed by atoms with van der Waals surface area (Å²) in [7, 11) is 0. The van der Waals surface area contributed by atoms with E-state index in [9.17, 15) is 0 Å². The van der Waals surface area contributed by atoms with Crippen molar-refractivity contribution in [2.75, 3.05) is 26.2 Å². The van der Waals surface area contributed by atoms with Crippen molar-refractivity contribution in [2.45, 2.75) is 39.2 Å². The zero-order valence-corrected chi connectivity index (χ0v) is 14.7. The molecule has 0 spiro atoms. The Balaban J connectivity index is 0.00000110. The average molecular weight is 331 g/mol. The molecule has 0 unspecified atom stereocenters. The van der Waals surface area contributed by atoms with Crippen LogP contribution in [0.1, 0.15) is 42.0 Å². The van der Waals surface area contributed by atoms with E-state index in [1.807, 2.05) is 0 Å². The molecule has 1 heterocycles. The summed E-state index contributed by atoms with van der Waals surface area (Å²) in [4.78, 5) is 2.70. The third kappa shape index (κ3) is 4.59. The Morgan fingerprint density at radius 2 is 1.81 bits per heavy atom. The summed E-state index contributed by atoms with van der Waals surface area (Å²) in [6, 6.07) is 7.48. The molecule has 120 valence electrons. The van der Waals surface area contributed by atoms with Crippen molar-refractivity contribution in [3.63, 3.8) is 0 Å². The maximum atomic E-state index is 3.47. The summed E-state index contributed by atoms with van der Waals surface area (Å²) in [5.74, 6) is 0.986. The quantitative estimate of drug-likeness (QED) is 0.900. The topological polar surface area (TPSA) is 15.3 Å². The summed E-state index contributed by atoms with van der Waals surface area (Å²) in [6.07, 6.45) is 4.27. The van der Waals surface area contributed by atoms with E-state index in [1.54, 1.807) is 5.56 Å². The van der Waals surface area contributed by atoms with Crippen LogP contribution in [0.3, 0.4) is 0 Å². The van der Waals surface area contributed by atoms with Crippen molar-refractivity contribution >= 4 is 24.8 Å². The Labute approximate surface area is 141 Å². The van der Waals surface area contributed by atoms with Crippen LogP contribution < -0.4 is 5.32 Å². The Kier molecular flexibility index (Phi) is 7.49. The minimum atomic E-state index is 0. The molecule has 1 aromatic rings. The van der Waals surface area contributed by atoms with Gasteiger partial charge in [-0.1, -0.05) is 31.0 Å². The van der Waals surface area contributed by atoms with E-state index in [1.165, 1.54) is 43.5 Å². The van der Waals surface area contributed by atoms with Crippen LogP contribution in [0.25, 0.3) is 0 Å². The van der Waals surface area contributed by atoms with Gasteiger partial charge in [0.15, 0.2) is 0 Å². The Morgan fingerprint density at radius 1 is 1.14 bits per heavy atom. The van der Waals surface area contributed by atoms with Gasteiger partial charge in [-0.25, -0.2) is 0 Å². The van der Waals surface area contributed by atoms with Crippen LogP contribution in [-0.4, -0.2) is 31.1 Å². The summed E-state index contributed by atoms with van der Waals surface area (Å²) in [5.41, 5.74) is 4.52. The highest BCUT2D eigenvalue weighted by Gasteiger charge is 2.31. The van der Waals surface area contributed by atoms with E-state index in [4.69, 9.17) is 0 Å². The number of benzene rings is 1. The Morgan fingerprint density at radius 3 is 2.43 bits per heavy atom.